The number of aryl methyl sites for hydroxylation is 1. The predicted molar refractivity (Wildman–Crippen MR) is 143 cm³/mol. The molecule has 2 fully saturated rings. The lowest BCUT2D eigenvalue weighted by Crippen LogP contribution is -2.50. The number of anilines is 1. The summed E-state index contributed by atoms with van der Waals surface area (Å²) in [6.07, 6.45) is 4.07. The molecule has 0 unspecified atom stereocenters. The average molecular weight is 545 g/mol. The number of hydrogen-bond donors (Lipinski definition) is 0. The molecule has 0 saturated carbocycles. The Labute approximate surface area is 220 Å². The summed E-state index contributed by atoms with van der Waals surface area (Å²) in [7, 11) is -3.88. The zero-order chi connectivity index (χ0) is 26.3. The number of carbonyl (C=O) groups is 1. The number of thiophene rings is 1. The zero-order valence-corrected chi connectivity index (χ0v) is 23.0. The fourth-order valence-electron chi connectivity index (χ4n) is 5.44. The minimum absolute atomic E-state index is 0.0390. The maximum Gasteiger partial charge on any atom is 0.263 e. The normalized spacial score (nSPS) is 21.5. The topological polar surface area (TPSA) is 109 Å². The Morgan fingerprint density at radius 1 is 1.08 bits per heavy atom. The Morgan fingerprint density at radius 2 is 1.78 bits per heavy atom. The van der Waals surface area contributed by atoms with Crippen LogP contribution in [0.2, 0.25) is 0 Å². The Bertz CT molecular complexity index is 1450. The molecule has 0 aliphatic carbocycles. The molecule has 1 amide bonds. The Kier molecular flexibility index (Phi) is 7.08. The van der Waals surface area contributed by atoms with Crippen molar-refractivity contribution in [2.75, 3.05) is 44.2 Å². The monoisotopic (exact) mass is 544 g/mol. The number of hydrogen-bond acceptors (Lipinski definition) is 8. The molecule has 2 saturated heterocycles. The summed E-state index contributed by atoms with van der Waals surface area (Å²) in [6, 6.07) is 5.74. The van der Waals surface area contributed by atoms with Crippen LogP contribution in [-0.4, -0.2) is 77.3 Å². The summed E-state index contributed by atoms with van der Waals surface area (Å²) >= 11 is 1.20. The van der Waals surface area contributed by atoms with E-state index in [4.69, 9.17) is 0 Å². The van der Waals surface area contributed by atoms with Gasteiger partial charge in [0.1, 0.15) is 22.1 Å². The van der Waals surface area contributed by atoms with Crippen LogP contribution in [-0.2, 0) is 21.4 Å². The summed E-state index contributed by atoms with van der Waals surface area (Å²) in [4.78, 5) is 40.2. The van der Waals surface area contributed by atoms with Crippen molar-refractivity contribution in [2.45, 2.75) is 38.6 Å². The minimum Gasteiger partial charge on any atom is -0.353 e. The van der Waals surface area contributed by atoms with Crippen molar-refractivity contribution in [1.82, 2.24) is 23.7 Å². The van der Waals surface area contributed by atoms with Gasteiger partial charge < -0.3 is 9.80 Å². The lowest BCUT2D eigenvalue weighted by molar-refractivity contribution is -0.132. The molecule has 198 valence electrons. The van der Waals surface area contributed by atoms with Crippen LogP contribution >= 0.6 is 11.3 Å². The number of piperazine rings is 1. The van der Waals surface area contributed by atoms with Crippen molar-refractivity contribution in [2.24, 2.45) is 11.8 Å². The predicted octanol–water partition coefficient (Wildman–Crippen LogP) is 2.18. The third-order valence-corrected chi connectivity index (χ3v) is 10.3. The number of amides is 1. The zero-order valence-electron chi connectivity index (χ0n) is 21.3. The van der Waals surface area contributed by atoms with Crippen LogP contribution in [0.15, 0.2) is 40.4 Å². The first-order valence-corrected chi connectivity index (χ1v) is 14.8. The second-order valence-corrected chi connectivity index (χ2v) is 13.2. The van der Waals surface area contributed by atoms with Gasteiger partial charge in [-0.3, -0.25) is 14.2 Å². The molecule has 10 nitrogen and oxygen atoms in total. The van der Waals surface area contributed by atoms with Crippen LogP contribution in [0, 0.1) is 18.8 Å². The molecule has 2 aliphatic heterocycles. The van der Waals surface area contributed by atoms with Gasteiger partial charge in [-0.1, -0.05) is 19.9 Å². The first-order valence-electron chi connectivity index (χ1n) is 12.6. The van der Waals surface area contributed by atoms with Gasteiger partial charge >= 0.3 is 0 Å². The number of piperidine rings is 1. The summed E-state index contributed by atoms with van der Waals surface area (Å²) in [5.74, 6) is 1.17. The van der Waals surface area contributed by atoms with Gasteiger partial charge in [0.2, 0.25) is 15.9 Å². The molecule has 0 N–H and O–H groups in total. The second-order valence-electron chi connectivity index (χ2n) is 10.2. The van der Waals surface area contributed by atoms with E-state index in [1.165, 1.54) is 26.5 Å². The highest BCUT2D eigenvalue weighted by molar-refractivity contribution is 7.89. The molecule has 5 heterocycles. The molecule has 3 aromatic rings. The molecule has 0 aromatic carbocycles. The van der Waals surface area contributed by atoms with Crippen molar-refractivity contribution >= 4 is 43.3 Å². The number of rotatable bonds is 5. The molecule has 2 atom stereocenters. The Morgan fingerprint density at radius 3 is 2.43 bits per heavy atom. The minimum atomic E-state index is -3.88. The first-order chi connectivity index (χ1) is 17.6. The molecule has 2 aliphatic rings. The number of fused-ring (bicyclic) bond motifs is 1. The van der Waals surface area contributed by atoms with Crippen molar-refractivity contribution in [3.8, 4) is 0 Å². The van der Waals surface area contributed by atoms with Gasteiger partial charge in [-0.2, -0.15) is 4.31 Å². The van der Waals surface area contributed by atoms with Crippen LogP contribution in [0.1, 0.15) is 25.1 Å². The van der Waals surface area contributed by atoms with Crippen molar-refractivity contribution in [3.63, 3.8) is 0 Å². The van der Waals surface area contributed by atoms with E-state index in [0.29, 0.717) is 49.0 Å². The van der Waals surface area contributed by atoms with E-state index < -0.39 is 15.6 Å². The highest BCUT2D eigenvalue weighted by Crippen LogP contribution is 2.35. The van der Waals surface area contributed by atoms with E-state index >= 15 is 0 Å². The summed E-state index contributed by atoms with van der Waals surface area (Å²) < 4.78 is 30.2. The van der Waals surface area contributed by atoms with Gasteiger partial charge in [-0.25, -0.2) is 18.4 Å². The molecular weight excluding hydrogens is 512 g/mol. The quantitative estimate of drug-likeness (QED) is 0.484. The summed E-state index contributed by atoms with van der Waals surface area (Å²) in [5.41, 5.74) is -0.494. The van der Waals surface area contributed by atoms with Crippen molar-refractivity contribution < 1.29 is 13.2 Å². The van der Waals surface area contributed by atoms with E-state index in [2.05, 4.69) is 14.9 Å². The lowest BCUT2D eigenvalue weighted by Gasteiger charge is -2.35. The fraction of sp³-hybridized carbons (Fsp3) is 0.520. The van der Waals surface area contributed by atoms with Gasteiger partial charge in [-0.05, 0) is 37.3 Å². The Balaban J connectivity index is 1.38. The molecular formula is C25H32N6O4S2. The van der Waals surface area contributed by atoms with Gasteiger partial charge in [0.25, 0.3) is 5.56 Å². The van der Waals surface area contributed by atoms with Crippen LogP contribution < -0.4 is 10.5 Å². The summed E-state index contributed by atoms with van der Waals surface area (Å²) in [6.45, 7) is 8.82. The SMILES string of the molecule is Cc1sc2ncn(CC(=O)N3CCN(c4ccccn4)CC3)c(=O)c2c1S(=O)(=O)N1C[C@H](C)C[C@@H](C)C1. The molecule has 3 aromatic heterocycles. The molecule has 37 heavy (non-hydrogen) atoms. The Hall–Kier alpha value is -2.83. The van der Waals surface area contributed by atoms with Crippen molar-refractivity contribution in [1.29, 1.82) is 0 Å². The standard InChI is InChI=1S/C25H32N6O4S2/c1-17-12-18(2)14-31(13-17)37(34,35)23-19(3)36-24-22(23)25(33)30(16-27-24)15-21(32)29-10-8-28(9-11-29)20-6-4-5-7-26-20/h4-7,16-18H,8-15H2,1-3H3/t17-,18-/m1/s1. The summed E-state index contributed by atoms with van der Waals surface area (Å²) in [5, 5.41) is 0.0867. The number of nitrogens with zero attached hydrogens (tertiary/aromatic N) is 6. The molecule has 0 bridgehead atoms. The van der Waals surface area contributed by atoms with Crippen LogP contribution in [0.4, 0.5) is 5.82 Å². The number of aromatic nitrogens is 3. The van der Waals surface area contributed by atoms with E-state index in [9.17, 15) is 18.0 Å². The third-order valence-electron chi connectivity index (χ3n) is 7.14. The lowest BCUT2D eigenvalue weighted by atomic mass is 9.94. The van der Waals surface area contributed by atoms with Crippen LogP contribution in [0.3, 0.4) is 0 Å². The van der Waals surface area contributed by atoms with Gasteiger partial charge in [-0.15, -0.1) is 11.3 Å². The smallest absolute Gasteiger partial charge is 0.263 e. The largest absolute Gasteiger partial charge is 0.353 e. The van der Waals surface area contributed by atoms with Gasteiger partial charge in [0.15, 0.2) is 0 Å². The van der Waals surface area contributed by atoms with E-state index in [0.717, 1.165) is 12.2 Å². The fourth-order valence-corrected chi connectivity index (χ4v) is 8.79. The first kappa shape index (κ1) is 25.8. The van der Waals surface area contributed by atoms with Gasteiger partial charge in [0.05, 0.1) is 11.7 Å². The van der Waals surface area contributed by atoms with Crippen molar-refractivity contribution in [3.05, 3.63) is 46.0 Å². The number of sulfonamides is 1. The second kappa shape index (κ2) is 10.1. The molecule has 0 spiro atoms. The highest BCUT2D eigenvalue weighted by Gasteiger charge is 2.36. The maximum absolute atomic E-state index is 13.7. The highest BCUT2D eigenvalue weighted by atomic mass is 32.2. The van der Waals surface area contributed by atoms with Crippen LogP contribution in [0.5, 0.6) is 0 Å². The average Bonchev–Trinajstić information content (AvgIpc) is 3.23. The van der Waals surface area contributed by atoms with E-state index in [1.54, 1.807) is 18.0 Å². The third kappa shape index (κ3) is 5.01. The van der Waals surface area contributed by atoms with Crippen LogP contribution in [0.25, 0.3) is 10.2 Å². The molecule has 12 heteroatoms. The maximum atomic E-state index is 13.7. The number of carbonyl (C=O) groups excluding carboxylic acids is 1. The van der Waals surface area contributed by atoms with E-state index in [-0.39, 0.29) is 34.6 Å². The molecule has 0 radical (unpaired) electrons. The van der Waals surface area contributed by atoms with E-state index in [1.807, 2.05) is 32.0 Å². The number of pyridine rings is 1. The molecule has 5 rings (SSSR count). The van der Waals surface area contributed by atoms with Gasteiger partial charge in [0, 0.05) is 50.3 Å².